The number of ether oxygens (including phenoxy) is 1. The minimum atomic E-state index is -3.70. The van der Waals surface area contributed by atoms with Gasteiger partial charge in [0.2, 0.25) is 5.91 Å². The second kappa shape index (κ2) is 8.81. The number of nitrogens with zero attached hydrogens (tertiary/aromatic N) is 3. The number of methoxy groups -OCH3 is 1. The summed E-state index contributed by atoms with van der Waals surface area (Å²) in [5.41, 5.74) is 1.31. The molecule has 1 fully saturated rings. The van der Waals surface area contributed by atoms with Crippen LogP contribution in [0, 0.1) is 0 Å². The summed E-state index contributed by atoms with van der Waals surface area (Å²) in [6.07, 6.45) is 2.34. The molecule has 0 unspecified atom stereocenters. The molecule has 1 aliphatic rings. The SMILES string of the molecule is COC(=O)c1csc(S(=O)(=O)N2CCN(C(=O)CCn3ccc4ccccc43)CC2)c1. The van der Waals surface area contributed by atoms with Gasteiger partial charge in [0.15, 0.2) is 0 Å². The van der Waals surface area contributed by atoms with Crippen molar-refractivity contribution >= 4 is 44.1 Å². The van der Waals surface area contributed by atoms with Gasteiger partial charge in [0.05, 0.1) is 12.7 Å². The highest BCUT2D eigenvalue weighted by atomic mass is 32.2. The summed E-state index contributed by atoms with van der Waals surface area (Å²) >= 11 is 0.995. The molecule has 31 heavy (non-hydrogen) atoms. The van der Waals surface area contributed by atoms with Gasteiger partial charge in [-0.25, -0.2) is 13.2 Å². The van der Waals surface area contributed by atoms with E-state index in [2.05, 4.69) is 9.30 Å². The van der Waals surface area contributed by atoms with Crippen molar-refractivity contribution in [3.8, 4) is 0 Å². The number of sulfonamides is 1. The van der Waals surface area contributed by atoms with E-state index in [1.54, 1.807) is 4.90 Å². The van der Waals surface area contributed by atoms with E-state index in [1.807, 2.05) is 36.5 Å². The summed E-state index contributed by atoms with van der Waals surface area (Å²) < 4.78 is 33.9. The first kappa shape index (κ1) is 21.5. The summed E-state index contributed by atoms with van der Waals surface area (Å²) in [7, 11) is -2.45. The van der Waals surface area contributed by atoms with Crippen molar-refractivity contribution in [2.75, 3.05) is 33.3 Å². The van der Waals surface area contributed by atoms with Gasteiger partial charge < -0.3 is 14.2 Å². The number of esters is 1. The number of carbonyl (C=O) groups is 2. The van der Waals surface area contributed by atoms with Gasteiger partial charge in [-0.3, -0.25) is 4.79 Å². The first-order valence-electron chi connectivity index (χ1n) is 9.89. The lowest BCUT2D eigenvalue weighted by Gasteiger charge is -2.33. The Morgan fingerprint density at radius 2 is 1.84 bits per heavy atom. The van der Waals surface area contributed by atoms with E-state index in [4.69, 9.17) is 0 Å². The zero-order chi connectivity index (χ0) is 22.0. The lowest BCUT2D eigenvalue weighted by atomic mass is 10.2. The summed E-state index contributed by atoms with van der Waals surface area (Å²) in [6.45, 7) is 1.73. The molecule has 10 heteroatoms. The molecule has 1 amide bonds. The molecule has 1 aromatic carbocycles. The molecule has 0 radical (unpaired) electrons. The molecule has 0 atom stereocenters. The molecule has 1 saturated heterocycles. The Labute approximate surface area is 184 Å². The van der Waals surface area contributed by atoms with Crippen LogP contribution in [0.25, 0.3) is 10.9 Å². The van der Waals surface area contributed by atoms with Gasteiger partial charge >= 0.3 is 5.97 Å². The molecule has 1 aliphatic heterocycles. The van der Waals surface area contributed by atoms with E-state index in [9.17, 15) is 18.0 Å². The molecule has 0 aliphatic carbocycles. The van der Waals surface area contributed by atoms with Crippen molar-refractivity contribution in [1.82, 2.24) is 13.8 Å². The van der Waals surface area contributed by atoms with Crippen LogP contribution in [0.15, 0.2) is 52.2 Å². The molecule has 164 valence electrons. The average Bonchev–Trinajstić information content (AvgIpc) is 3.45. The van der Waals surface area contributed by atoms with E-state index in [1.165, 1.54) is 22.9 Å². The number of carbonyl (C=O) groups excluding carboxylic acids is 2. The maximum atomic E-state index is 12.9. The third-order valence-corrected chi connectivity index (χ3v) is 8.74. The predicted octanol–water partition coefficient (Wildman–Crippen LogP) is 2.41. The fraction of sp³-hybridized carbons (Fsp3) is 0.333. The van der Waals surface area contributed by atoms with Crippen LogP contribution in [-0.2, 0) is 26.1 Å². The van der Waals surface area contributed by atoms with E-state index in [0.29, 0.717) is 26.1 Å². The third-order valence-electron chi connectivity index (χ3n) is 5.43. The second-order valence-electron chi connectivity index (χ2n) is 7.25. The zero-order valence-corrected chi connectivity index (χ0v) is 18.7. The summed E-state index contributed by atoms with van der Waals surface area (Å²) in [5.74, 6) is -0.553. The van der Waals surface area contributed by atoms with Crippen molar-refractivity contribution < 1.29 is 22.7 Å². The number of thiophene rings is 1. The maximum absolute atomic E-state index is 12.9. The number of piperazine rings is 1. The predicted molar refractivity (Wildman–Crippen MR) is 118 cm³/mol. The van der Waals surface area contributed by atoms with Crippen LogP contribution in [0.5, 0.6) is 0 Å². The number of amides is 1. The van der Waals surface area contributed by atoms with Gasteiger partial charge in [-0.2, -0.15) is 4.31 Å². The highest BCUT2D eigenvalue weighted by Gasteiger charge is 2.31. The Kier molecular flexibility index (Phi) is 6.12. The van der Waals surface area contributed by atoms with Crippen molar-refractivity contribution in [3.05, 3.63) is 53.5 Å². The Hall–Kier alpha value is -2.69. The molecule has 3 aromatic rings. The molecule has 0 N–H and O–H groups in total. The number of para-hydroxylation sites is 1. The number of hydrogen-bond acceptors (Lipinski definition) is 6. The number of aromatic nitrogens is 1. The number of rotatable bonds is 6. The first-order chi connectivity index (χ1) is 14.9. The number of hydrogen-bond donors (Lipinski definition) is 0. The van der Waals surface area contributed by atoms with Gasteiger partial charge in [0, 0.05) is 56.2 Å². The Bertz CT molecular complexity index is 1210. The third kappa shape index (κ3) is 4.36. The van der Waals surface area contributed by atoms with E-state index >= 15 is 0 Å². The fourth-order valence-electron chi connectivity index (χ4n) is 3.69. The molecule has 3 heterocycles. The van der Waals surface area contributed by atoms with E-state index in [0.717, 1.165) is 22.2 Å². The van der Waals surface area contributed by atoms with E-state index < -0.39 is 16.0 Å². The standard InChI is InChI=1S/C21H23N3O5S2/c1-29-21(26)17-14-20(30-15-17)31(27,28)24-12-10-23(11-13-24)19(25)7-9-22-8-6-16-4-2-3-5-18(16)22/h2-6,8,14-15H,7,9-13H2,1H3. The monoisotopic (exact) mass is 461 g/mol. The fourth-order valence-corrected chi connectivity index (χ4v) is 6.42. The van der Waals surface area contributed by atoms with Crippen LogP contribution < -0.4 is 0 Å². The lowest BCUT2D eigenvalue weighted by Crippen LogP contribution is -2.50. The van der Waals surface area contributed by atoms with Crippen LogP contribution in [0.4, 0.5) is 0 Å². The topological polar surface area (TPSA) is 88.9 Å². The summed E-state index contributed by atoms with van der Waals surface area (Å²) in [6, 6.07) is 11.4. The highest BCUT2D eigenvalue weighted by molar-refractivity contribution is 7.91. The number of aryl methyl sites for hydroxylation is 1. The van der Waals surface area contributed by atoms with Crippen LogP contribution in [0.1, 0.15) is 16.8 Å². The number of benzene rings is 1. The van der Waals surface area contributed by atoms with Gasteiger partial charge in [-0.1, -0.05) is 18.2 Å². The first-order valence-corrected chi connectivity index (χ1v) is 12.2. The Balaban J connectivity index is 1.34. The zero-order valence-electron chi connectivity index (χ0n) is 17.1. The maximum Gasteiger partial charge on any atom is 0.338 e. The molecule has 8 nitrogen and oxygen atoms in total. The summed E-state index contributed by atoms with van der Waals surface area (Å²) in [5, 5.41) is 2.61. The number of fused-ring (bicyclic) bond motifs is 1. The second-order valence-corrected chi connectivity index (χ2v) is 10.3. The van der Waals surface area contributed by atoms with Crippen LogP contribution in [-0.4, -0.2) is 67.4 Å². The molecular formula is C21H23N3O5S2. The average molecular weight is 462 g/mol. The Morgan fingerprint density at radius 3 is 2.58 bits per heavy atom. The lowest BCUT2D eigenvalue weighted by molar-refractivity contribution is -0.132. The Morgan fingerprint density at radius 1 is 1.10 bits per heavy atom. The van der Waals surface area contributed by atoms with Gasteiger partial charge in [-0.15, -0.1) is 11.3 Å². The molecule has 0 bridgehead atoms. The van der Waals surface area contributed by atoms with Gasteiger partial charge in [-0.05, 0) is 23.6 Å². The van der Waals surface area contributed by atoms with Crippen molar-refractivity contribution in [1.29, 1.82) is 0 Å². The van der Waals surface area contributed by atoms with Crippen LogP contribution in [0.3, 0.4) is 0 Å². The molecular weight excluding hydrogens is 438 g/mol. The van der Waals surface area contributed by atoms with Gasteiger partial charge in [0.1, 0.15) is 4.21 Å². The molecule has 0 spiro atoms. The smallest absolute Gasteiger partial charge is 0.338 e. The minimum Gasteiger partial charge on any atom is -0.465 e. The molecule has 0 saturated carbocycles. The summed E-state index contributed by atoms with van der Waals surface area (Å²) in [4.78, 5) is 26.0. The van der Waals surface area contributed by atoms with Crippen molar-refractivity contribution in [3.63, 3.8) is 0 Å². The molecule has 2 aromatic heterocycles. The van der Waals surface area contributed by atoms with Crippen LogP contribution >= 0.6 is 11.3 Å². The minimum absolute atomic E-state index is 0.0129. The molecule has 4 rings (SSSR count). The van der Waals surface area contributed by atoms with E-state index in [-0.39, 0.29) is 28.8 Å². The van der Waals surface area contributed by atoms with Crippen molar-refractivity contribution in [2.24, 2.45) is 0 Å². The quantitative estimate of drug-likeness (QED) is 0.526. The highest BCUT2D eigenvalue weighted by Crippen LogP contribution is 2.25. The van der Waals surface area contributed by atoms with Crippen molar-refractivity contribution in [2.45, 2.75) is 17.2 Å². The largest absolute Gasteiger partial charge is 0.465 e. The van der Waals surface area contributed by atoms with Crippen LogP contribution in [0.2, 0.25) is 0 Å². The normalized spacial score (nSPS) is 15.3. The van der Waals surface area contributed by atoms with Gasteiger partial charge in [0.25, 0.3) is 10.0 Å².